The van der Waals surface area contributed by atoms with E-state index in [1.807, 2.05) is 32.0 Å². The zero-order valence-corrected chi connectivity index (χ0v) is 11.8. The Bertz CT molecular complexity index is 689. The fourth-order valence-corrected chi connectivity index (χ4v) is 2.48. The van der Waals surface area contributed by atoms with Crippen molar-refractivity contribution in [2.75, 3.05) is 0 Å². The van der Waals surface area contributed by atoms with Gasteiger partial charge in [-0.2, -0.15) is 4.98 Å². The van der Waals surface area contributed by atoms with Crippen LogP contribution in [0.1, 0.15) is 17.3 Å². The number of thioether (sulfide) groups is 1. The predicted octanol–water partition coefficient (Wildman–Crippen LogP) is 3.03. The van der Waals surface area contributed by atoms with Crippen molar-refractivity contribution in [1.29, 1.82) is 0 Å². The van der Waals surface area contributed by atoms with Gasteiger partial charge in [0.2, 0.25) is 0 Å². The number of hydrogen-bond acceptors (Lipinski definition) is 7. The lowest BCUT2D eigenvalue weighted by molar-refractivity contribution is 0.392. The lowest BCUT2D eigenvalue weighted by Crippen LogP contribution is -1.86. The van der Waals surface area contributed by atoms with Crippen molar-refractivity contribution in [3.05, 3.63) is 41.7 Å². The van der Waals surface area contributed by atoms with E-state index < -0.39 is 0 Å². The van der Waals surface area contributed by atoms with Crippen LogP contribution in [0.15, 0.2) is 38.5 Å². The van der Waals surface area contributed by atoms with Crippen LogP contribution in [0.3, 0.4) is 0 Å². The molecule has 7 heteroatoms. The number of aromatic nitrogens is 4. The summed E-state index contributed by atoms with van der Waals surface area (Å²) in [4.78, 5) is 8.59. The summed E-state index contributed by atoms with van der Waals surface area (Å²) in [6.45, 7) is 3.67. The molecule has 0 aromatic carbocycles. The third-order valence-electron chi connectivity index (χ3n) is 2.70. The minimum atomic E-state index is 0.442. The predicted molar refractivity (Wildman–Crippen MR) is 73.1 cm³/mol. The first-order valence-electron chi connectivity index (χ1n) is 6.03. The van der Waals surface area contributed by atoms with Crippen molar-refractivity contribution in [3.63, 3.8) is 0 Å². The number of nitrogens with zero attached hydrogens (tertiary/aromatic N) is 4. The molecular weight excluding hydrogens is 276 g/mol. The minimum Gasteiger partial charge on any atom is -0.361 e. The van der Waals surface area contributed by atoms with Crippen molar-refractivity contribution >= 4 is 11.8 Å². The second-order valence-electron chi connectivity index (χ2n) is 4.17. The molecule has 102 valence electrons. The molecule has 0 aliphatic heterocycles. The van der Waals surface area contributed by atoms with Crippen molar-refractivity contribution in [2.24, 2.45) is 0 Å². The van der Waals surface area contributed by atoms with Gasteiger partial charge in [0.15, 0.2) is 5.82 Å². The fourth-order valence-electron chi connectivity index (χ4n) is 1.77. The molecule has 3 aromatic rings. The van der Waals surface area contributed by atoms with Crippen molar-refractivity contribution < 1.29 is 9.05 Å². The Labute approximate surface area is 119 Å². The molecule has 0 atom stereocenters. The van der Waals surface area contributed by atoms with Gasteiger partial charge in [0.25, 0.3) is 5.89 Å². The first-order valence-corrected chi connectivity index (χ1v) is 7.02. The first kappa shape index (κ1) is 12.9. The maximum atomic E-state index is 5.26. The van der Waals surface area contributed by atoms with Gasteiger partial charge >= 0.3 is 0 Å². The molecule has 0 saturated heterocycles. The van der Waals surface area contributed by atoms with Crippen molar-refractivity contribution in [3.8, 4) is 11.5 Å². The quantitative estimate of drug-likeness (QED) is 0.683. The van der Waals surface area contributed by atoms with Crippen LogP contribution in [0.4, 0.5) is 0 Å². The number of hydrogen-bond donors (Lipinski definition) is 0. The molecule has 0 amide bonds. The van der Waals surface area contributed by atoms with Crippen LogP contribution in [-0.4, -0.2) is 20.3 Å². The average Bonchev–Trinajstić information content (AvgIpc) is 3.05. The van der Waals surface area contributed by atoms with Gasteiger partial charge in [-0.05, 0) is 26.0 Å². The maximum Gasteiger partial charge on any atom is 0.263 e. The van der Waals surface area contributed by atoms with E-state index in [1.165, 1.54) is 0 Å². The molecule has 6 nitrogen and oxygen atoms in total. The normalized spacial score (nSPS) is 10.9. The Kier molecular flexibility index (Phi) is 3.51. The SMILES string of the molecule is Cc1noc(C)c1-c1nc(CSc2ccccn2)no1. The first-order chi connectivity index (χ1) is 9.74. The monoisotopic (exact) mass is 288 g/mol. The summed E-state index contributed by atoms with van der Waals surface area (Å²) in [7, 11) is 0. The van der Waals surface area contributed by atoms with Gasteiger partial charge < -0.3 is 9.05 Å². The molecule has 3 heterocycles. The molecule has 0 bridgehead atoms. The van der Waals surface area contributed by atoms with E-state index in [1.54, 1.807) is 18.0 Å². The van der Waals surface area contributed by atoms with Gasteiger partial charge in [-0.25, -0.2) is 4.98 Å². The van der Waals surface area contributed by atoms with Gasteiger partial charge in [0.05, 0.1) is 16.5 Å². The number of aryl methyl sites for hydroxylation is 2. The van der Waals surface area contributed by atoms with Crippen LogP contribution in [0.25, 0.3) is 11.5 Å². The summed E-state index contributed by atoms with van der Waals surface area (Å²) in [6.07, 6.45) is 1.76. The highest BCUT2D eigenvalue weighted by molar-refractivity contribution is 7.98. The van der Waals surface area contributed by atoms with E-state index in [4.69, 9.17) is 9.05 Å². The zero-order chi connectivity index (χ0) is 13.9. The van der Waals surface area contributed by atoms with Crippen LogP contribution >= 0.6 is 11.8 Å². The molecular formula is C13H12N4O2S. The second kappa shape index (κ2) is 5.46. The molecule has 3 aromatic heterocycles. The van der Waals surface area contributed by atoms with Gasteiger partial charge in [-0.1, -0.05) is 28.1 Å². The number of rotatable bonds is 4. The summed E-state index contributed by atoms with van der Waals surface area (Å²) < 4.78 is 10.4. The van der Waals surface area contributed by atoms with Crippen molar-refractivity contribution in [1.82, 2.24) is 20.3 Å². The van der Waals surface area contributed by atoms with E-state index in [-0.39, 0.29) is 0 Å². The summed E-state index contributed by atoms with van der Waals surface area (Å²) >= 11 is 1.56. The smallest absolute Gasteiger partial charge is 0.263 e. The molecule has 0 saturated carbocycles. The topological polar surface area (TPSA) is 77.8 Å². The maximum absolute atomic E-state index is 5.26. The van der Waals surface area contributed by atoms with Gasteiger partial charge in [0, 0.05) is 6.20 Å². The molecule has 0 N–H and O–H groups in total. The zero-order valence-electron chi connectivity index (χ0n) is 11.0. The summed E-state index contributed by atoms with van der Waals surface area (Å²) in [5, 5.41) is 8.77. The Balaban J connectivity index is 1.74. The Hall–Kier alpha value is -2.15. The molecule has 0 aliphatic rings. The third kappa shape index (κ3) is 2.57. The largest absolute Gasteiger partial charge is 0.361 e. The Morgan fingerprint density at radius 2 is 2.05 bits per heavy atom. The summed E-state index contributed by atoms with van der Waals surface area (Å²) in [5.74, 6) is 2.34. The molecule has 0 fully saturated rings. The second-order valence-corrected chi connectivity index (χ2v) is 5.17. The molecule has 0 radical (unpaired) electrons. The molecule has 0 spiro atoms. The summed E-state index contributed by atoms with van der Waals surface area (Å²) in [5.41, 5.74) is 1.52. The fraction of sp³-hybridized carbons (Fsp3) is 0.231. The van der Waals surface area contributed by atoms with Crippen LogP contribution in [0, 0.1) is 13.8 Å². The van der Waals surface area contributed by atoms with Crippen LogP contribution in [0.5, 0.6) is 0 Å². The summed E-state index contributed by atoms with van der Waals surface area (Å²) in [6, 6.07) is 5.77. The molecule has 0 aliphatic carbocycles. The van der Waals surface area contributed by atoms with Crippen LogP contribution in [-0.2, 0) is 5.75 Å². The number of pyridine rings is 1. The standard InChI is InChI=1S/C13H12N4O2S/c1-8-12(9(2)18-16-8)13-15-10(17-19-13)7-20-11-5-3-4-6-14-11/h3-6H,7H2,1-2H3. The lowest BCUT2D eigenvalue weighted by Gasteiger charge is -1.95. The molecule has 20 heavy (non-hydrogen) atoms. The minimum absolute atomic E-state index is 0.442. The highest BCUT2D eigenvalue weighted by atomic mass is 32.2. The highest BCUT2D eigenvalue weighted by Gasteiger charge is 2.18. The lowest BCUT2D eigenvalue weighted by atomic mass is 10.2. The third-order valence-corrected chi connectivity index (χ3v) is 3.64. The van der Waals surface area contributed by atoms with E-state index in [0.29, 0.717) is 23.2 Å². The van der Waals surface area contributed by atoms with E-state index in [2.05, 4.69) is 20.3 Å². The van der Waals surface area contributed by atoms with E-state index in [0.717, 1.165) is 16.3 Å². The Morgan fingerprint density at radius 1 is 1.15 bits per heavy atom. The van der Waals surface area contributed by atoms with Crippen molar-refractivity contribution in [2.45, 2.75) is 24.6 Å². The average molecular weight is 288 g/mol. The molecule has 0 unspecified atom stereocenters. The highest BCUT2D eigenvalue weighted by Crippen LogP contribution is 2.26. The van der Waals surface area contributed by atoms with E-state index >= 15 is 0 Å². The van der Waals surface area contributed by atoms with Crippen LogP contribution in [0.2, 0.25) is 0 Å². The van der Waals surface area contributed by atoms with Gasteiger partial charge in [-0.3, -0.25) is 0 Å². The van der Waals surface area contributed by atoms with Crippen LogP contribution < -0.4 is 0 Å². The van der Waals surface area contributed by atoms with E-state index in [9.17, 15) is 0 Å². The Morgan fingerprint density at radius 3 is 2.75 bits per heavy atom. The van der Waals surface area contributed by atoms with Gasteiger partial charge in [-0.15, -0.1) is 0 Å². The molecule has 3 rings (SSSR count). The van der Waals surface area contributed by atoms with Gasteiger partial charge in [0.1, 0.15) is 11.3 Å².